The Balaban J connectivity index is 3.23. The van der Waals surface area contributed by atoms with E-state index in [9.17, 15) is 4.79 Å². The van der Waals surface area contributed by atoms with Crippen molar-refractivity contribution in [2.45, 2.75) is 0 Å². The van der Waals surface area contributed by atoms with Crippen molar-refractivity contribution in [2.75, 3.05) is 6.54 Å². The van der Waals surface area contributed by atoms with E-state index in [1.807, 2.05) is 0 Å². The van der Waals surface area contributed by atoms with Crippen molar-refractivity contribution >= 4 is 6.29 Å². The van der Waals surface area contributed by atoms with Crippen molar-refractivity contribution in [3.05, 3.63) is 12.2 Å². The quantitative estimate of drug-likeness (QED) is 0.463. The van der Waals surface area contributed by atoms with Crippen LogP contribution in [0.25, 0.3) is 0 Å². The first-order valence-corrected chi connectivity index (χ1v) is 1.57. The lowest BCUT2D eigenvalue weighted by atomic mass is 10.4. The van der Waals surface area contributed by atoms with Gasteiger partial charge in [-0.25, -0.2) is 0 Å². The molecule has 0 amide bonds. The van der Waals surface area contributed by atoms with Crippen molar-refractivity contribution in [3.63, 3.8) is 0 Å². The molecule has 6 heavy (non-hydrogen) atoms. The van der Waals surface area contributed by atoms with E-state index < -0.39 is 0 Å². The molecule has 0 aromatic heterocycles. The van der Waals surface area contributed by atoms with Gasteiger partial charge in [0.25, 0.3) is 0 Å². The van der Waals surface area contributed by atoms with Crippen molar-refractivity contribution < 1.29 is 4.79 Å². The first-order chi connectivity index (χ1) is 2.81. The molecule has 2 nitrogen and oxygen atoms in total. The maximum absolute atomic E-state index is 9.43. The van der Waals surface area contributed by atoms with Crippen LogP contribution in [0, 0.1) is 0 Å². The maximum atomic E-state index is 9.43. The topological polar surface area (TPSA) is 43.1 Å². The zero-order chi connectivity index (χ0) is 4.99. The minimum atomic E-state index is 0.212. The smallest absolute Gasteiger partial charge is 0.229 e. The highest BCUT2D eigenvalue weighted by Crippen LogP contribution is 1.71. The van der Waals surface area contributed by atoms with Crippen molar-refractivity contribution in [3.8, 4) is 0 Å². The van der Waals surface area contributed by atoms with Crippen LogP contribution in [0.3, 0.4) is 0 Å². The molecule has 0 saturated heterocycles. The van der Waals surface area contributed by atoms with Crippen molar-refractivity contribution in [1.82, 2.24) is 0 Å². The van der Waals surface area contributed by atoms with Gasteiger partial charge < -0.3 is 5.73 Å². The molecular formula is C4H6NO. The van der Waals surface area contributed by atoms with E-state index in [1.54, 1.807) is 6.29 Å². The minimum absolute atomic E-state index is 0.212. The Morgan fingerprint density at radius 2 is 2.50 bits per heavy atom. The van der Waals surface area contributed by atoms with Crippen LogP contribution >= 0.6 is 0 Å². The van der Waals surface area contributed by atoms with E-state index in [-0.39, 0.29) is 6.54 Å². The molecule has 2 heteroatoms. The second kappa shape index (κ2) is 2.60. The summed E-state index contributed by atoms with van der Waals surface area (Å²) in [6.45, 7) is 3.45. The molecule has 0 spiro atoms. The van der Waals surface area contributed by atoms with Crippen LogP contribution in [0.15, 0.2) is 12.2 Å². The molecule has 2 N–H and O–H groups in total. The molecule has 0 unspecified atom stereocenters. The largest absolute Gasteiger partial charge is 0.326 e. The van der Waals surface area contributed by atoms with Crippen LogP contribution in [0.2, 0.25) is 0 Å². The third kappa shape index (κ3) is 1.67. The Kier molecular flexibility index (Phi) is 2.33. The fourth-order valence-electron chi connectivity index (χ4n) is 0.0417. The van der Waals surface area contributed by atoms with Crippen molar-refractivity contribution in [2.24, 2.45) is 5.73 Å². The van der Waals surface area contributed by atoms with E-state index in [0.29, 0.717) is 5.57 Å². The molecule has 0 aliphatic carbocycles. The van der Waals surface area contributed by atoms with Gasteiger partial charge in [-0.1, -0.05) is 6.58 Å². The summed E-state index contributed by atoms with van der Waals surface area (Å²) in [6, 6.07) is 0. The zero-order valence-corrected chi connectivity index (χ0v) is 3.40. The number of nitrogens with two attached hydrogens (primary N) is 1. The molecule has 0 heterocycles. The zero-order valence-electron chi connectivity index (χ0n) is 3.40. The van der Waals surface area contributed by atoms with Crippen LogP contribution in [0.5, 0.6) is 0 Å². The van der Waals surface area contributed by atoms with Gasteiger partial charge in [-0.05, 0) is 0 Å². The van der Waals surface area contributed by atoms with E-state index >= 15 is 0 Å². The Hall–Kier alpha value is -0.630. The molecule has 33 valence electrons. The van der Waals surface area contributed by atoms with Gasteiger partial charge in [0.15, 0.2) is 0 Å². The number of hydrogen-bond acceptors (Lipinski definition) is 2. The Morgan fingerprint density at radius 1 is 2.00 bits per heavy atom. The summed E-state index contributed by atoms with van der Waals surface area (Å²) in [5, 5.41) is 0. The van der Waals surface area contributed by atoms with Crippen LogP contribution in [0.4, 0.5) is 0 Å². The molecule has 0 aliphatic rings. The molecule has 0 aliphatic heterocycles. The van der Waals surface area contributed by atoms with Gasteiger partial charge in [-0.2, -0.15) is 0 Å². The molecule has 0 saturated carbocycles. The molecule has 0 aromatic rings. The maximum Gasteiger partial charge on any atom is 0.229 e. The van der Waals surface area contributed by atoms with E-state index in [2.05, 4.69) is 6.58 Å². The van der Waals surface area contributed by atoms with E-state index in [4.69, 9.17) is 5.73 Å². The minimum Gasteiger partial charge on any atom is -0.326 e. The lowest BCUT2D eigenvalue weighted by Gasteiger charge is -1.78. The van der Waals surface area contributed by atoms with E-state index in [0.717, 1.165) is 0 Å². The molecule has 0 atom stereocenters. The summed E-state index contributed by atoms with van der Waals surface area (Å²) in [6.07, 6.45) is 1.55. The highest BCUT2D eigenvalue weighted by molar-refractivity contribution is 5.73. The average Bonchev–Trinajstić information content (AvgIpc) is 1.65. The molecule has 1 radical (unpaired) electrons. The highest BCUT2D eigenvalue weighted by atomic mass is 16.1. The van der Waals surface area contributed by atoms with Gasteiger partial charge in [0.2, 0.25) is 6.29 Å². The molecular weight excluding hydrogens is 78.1 g/mol. The second-order valence-electron chi connectivity index (χ2n) is 0.910. The third-order valence-corrected chi connectivity index (χ3v) is 0.391. The highest BCUT2D eigenvalue weighted by Gasteiger charge is 1.80. The molecule has 0 bridgehead atoms. The lowest BCUT2D eigenvalue weighted by Crippen LogP contribution is -2.01. The molecule has 0 aromatic carbocycles. The predicted octanol–water partition coefficient (Wildman–Crippen LogP) is -0.389. The third-order valence-electron chi connectivity index (χ3n) is 0.391. The predicted molar refractivity (Wildman–Crippen MR) is 23.9 cm³/mol. The fraction of sp³-hybridized carbons (Fsp3) is 0.250. The monoisotopic (exact) mass is 84.0 g/mol. The van der Waals surface area contributed by atoms with E-state index in [1.165, 1.54) is 0 Å². The summed E-state index contributed by atoms with van der Waals surface area (Å²) in [5.74, 6) is 0. The van der Waals surface area contributed by atoms with Crippen molar-refractivity contribution in [1.29, 1.82) is 0 Å². The first kappa shape index (κ1) is 5.37. The van der Waals surface area contributed by atoms with Gasteiger partial charge in [-0.15, -0.1) is 0 Å². The summed E-state index contributed by atoms with van der Waals surface area (Å²) in [5.41, 5.74) is 5.24. The van der Waals surface area contributed by atoms with Crippen LogP contribution in [-0.2, 0) is 4.79 Å². The molecule has 0 fully saturated rings. The lowest BCUT2D eigenvalue weighted by molar-refractivity contribution is 0.561. The number of hydrogen-bond donors (Lipinski definition) is 1. The summed E-state index contributed by atoms with van der Waals surface area (Å²) < 4.78 is 0. The van der Waals surface area contributed by atoms with Crippen LogP contribution in [0.1, 0.15) is 0 Å². The van der Waals surface area contributed by atoms with Gasteiger partial charge in [0.1, 0.15) is 0 Å². The Morgan fingerprint density at radius 3 is 2.50 bits per heavy atom. The summed E-state index contributed by atoms with van der Waals surface area (Å²) in [4.78, 5) is 9.43. The second-order valence-corrected chi connectivity index (χ2v) is 0.910. The normalized spacial score (nSPS) is 7.50. The standard InChI is InChI=1S/C4H6NO/c1-4(2-5)3-6/h1-2,5H2. The average molecular weight is 84.1 g/mol. The number of rotatable bonds is 2. The summed E-state index contributed by atoms with van der Waals surface area (Å²) >= 11 is 0. The van der Waals surface area contributed by atoms with Gasteiger partial charge in [-0.3, -0.25) is 4.79 Å². The summed E-state index contributed by atoms with van der Waals surface area (Å²) in [7, 11) is 0. The Bertz CT molecular complexity index is 67.9. The fourth-order valence-corrected chi connectivity index (χ4v) is 0.0417. The SMILES string of the molecule is C=C([C]=O)CN. The van der Waals surface area contributed by atoms with Gasteiger partial charge >= 0.3 is 0 Å². The number of carbonyl (C=O) groups excluding carboxylic acids is 1. The van der Waals surface area contributed by atoms with Crippen LogP contribution < -0.4 is 5.73 Å². The first-order valence-electron chi connectivity index (χ1n) is 1.57. The Labute approximate surface area is 36.6 Å². The van der Waals surface area contributed by atoms with Gasteiger partial charge in [0, 0.05) is 12.1 Å². The van der Waals surface area contributed by atoms with Gasteiger partial charge in [0.05, 0.1) is 0 Å². The molecule has 0 rings (SSSR count). The van der Waals surface area contributed by atoms with Crippen LogP contribution in [-0.4, -0.2) is 12.8 Å².